The van der Waals surface area contributed by atoms with Crippen LogP contribution >= 0.6 is 0 Å². The van der Waals surface area contributed by atoms with Crippen molar-refractivity contribution in [3.63, 3.8) is 0 Å². The zero-order valence-electron chi connectivity index (χ0n) is 19.4. The van der Waals surface area contributed by atoms with Gasteiger partial charge in [0.2, 0.25) is 0 Å². The molecule has 1 atom stereocenters. The third-order valence-electron chi connectivity index (χ3n) is 6.61. The predicted molar refractivity (Wildman–Crippen MR) is 124 cm³/mol. The molecule has 1 N–H and O–H groups in total. The highest BCUT2D eigenvalue weighted by atomic mass is 16.5. The lowest BCUT2D eigenvalue weighted by Crippen LogP contribution is -2.37. The van der Waals surface area contributed by atoms with Gasteiger partial charge in [0.15, 0.2) is 11.5 Å². The van der Waals surface area contributed by atoms with Gasteiger partial charge < -0.3 is 24.2 Å². The van der Waals surface area contributed by atoms with E-state index in [1.54, 1.807) is 42.3 Å². The number of aliphatic hydroxyl groups is 1. The van der Waals surface area contributed by atoms with Crippen LogP contribution in [0.2, 0.25) is 0 Å². The standard InChI is InChI=1S/C26H29NO6/c1-15-14-17(31-2)12-13-18(15)23(28)21-22(19-10-7-11-20(32-3)25(19)33-4)27(26(30)24(21)29)16-8-5-6-9-16/h7,10-14,16,22,28H,5-6,8-9H2,1-4H3/b23-21-. The van der Waals surface area contributed by atoms with Gasteiger partial charge in [-0.05, 0) is 49.6 Å². The Bertz CT molecular complexity index is 1120. The first-order chi connectivity index (χ1) is 15.9. The number of aryl methyl sites for hydroxylation is 1. The summed E-state index contributed by atoms with van der Waals surface area (Å²) in [5.74, 6) is 0.0826. The van der Waals surface area contributed by atoms with Crippen LogP contribution < -0.4 is 14.2 Å². The molecule has 7 nitrogen and oxygen atoms in total. The second-order valence-corrected chi connectivity index (χ2v) is 8.41. The van der Waals surface area contributed by atoms with Crippen LogP contribution in [0.4, 0.5) is 0 Å². The first-order valence-electron chi connectivity index (χ1n) is 11.1. The minimum absolute atomic E-state index is 0.0618. The van der Waals surface area contributed by atoms with E-state index in [4.69, 9.17) is 14.2 Å². The van der Waals surface area contributed by atoms with Crippen LogP contribution in [0.25, 0.3) is 5.76 Å². The van der Waals surface area contributed by atoms with Crippen LogP contribution in [-0.4, -0.2) is 49.1 Å². The third kappa shape index (κ3) is 3.81. The smallest absolute Gasteiger partial charge is 0.295 e. The predicted octanol–water partition coefficient (Wildman–Crippen LogP) is 4.39. The molecule has 1 heterocycles. The fraction of sp³-hybridized carbons (Fsp3) is 0.385. The first kappa shape index (κ1) is 22.7. The Morgan fingerprint density at radius 1 is 1.00 bits per heavy atom. The van der Waals surface area contributed by atoms with E-state index >= 15 is 0 Å². The number of ketones is 1. The minimum atomic E-state index is -0.778. The molecule has 2 aliphatic rings. The second kappa shape index (κ2) is 9.17. The summed E-state index contributed by atoms with van der Waals surface area (Å²) in [5, 5.41) is 11.4. The molecule has 4 rings (SSSR count). The van der Waals surface area contributed by atoms with E-state index in [1.807, 2.05) is 13.0 Å². The highest BCUT2D eigenvalue weighted by Gasteiger charge is 2.50. The average Bonchev–Trinajstić information content (AvgIpc) is 3.44. The molecule has 2 aromatic carbocycles. The molecule has 1 amide bonds. The number of carbonyl (C=O) groups excluding carboxylic acids is 2. The number of hydrogen-bond acceptors (Lipinski definition) is 6. The Hall–Kier alpha value is -3.48. The average molecular weight is 452 g/mol. The van der Waals surface area contributed by atoms with Gasteiger partial charge in [0, 0.05) is 17.2 Å². The fourth-order valence-electron chi connectivity index (χ4n) is 5.02. The minimum Gasteiger partial charge on any atom is -0.507 e. The second-order valence-electron chi connectivity index (χ2n) is 8.41. The zero-order chi connectivity index (χ0) is 23.7. The lowest BCUT2D eigenvalue weighted by atomic mass is 9.92. The highest BCUT2D eigenvalue weighted by Crippen LogP contribution is 2.48. The molecule has 1 saturated heterocycles. The number of rotatable bonds is 6. The topological polar surface area (TPSA) is 85.3 Å². The molecule has 1 saturated carbocycles. The van der Waals surface area contributed by atoms with E-state index < -0.39 is 17.7 Å². The Balaban J connectivity index is 1.96. The van der Waals surface area contributed by atoms with Gasteiger partial charge in [0.1, 0.15) is 11.5 Å². The van der Waals surface area contributed by atoms with Crippen LogP contribution in [0.1, 0.15) is 48.4 Å². The van der Waals surface area contributed by atoms with Gasteiger partial charge in [-0.25, -0.2) is 0 Å². The normalized spacial score (nSPS) is 20.4. The summed E-state index contributed by atoms with van der Waals surface area (Å²) in [6, 6.07) is 9.71. The fourth-order valence-corrected chi connectivity index (χ4v) is 5.02. The summed E-state index contributed by atoms with van der Waals surface area (Å²) < 4.78 is 16.4. The molecular formula is C26H29NO6. The Morgan fingerprint density at radius 3 is 2.33 bits per heavy atom. The van der Waals surface area contributed by atoms with E-state index in [0.29, 0.717) is 28.4 Å². The van der Waals surface area contributed by atoms with Gasteiger partial charge in [-0.3, -0.25) is 9.59 Å². The molecule has 33 heavy (non-hydrogen) atoms. The number of nitrogens with zero attached hydrogens (tertiary/aromatic N) is 1. The molecule has 0 aromatic heterocycles. The Labute approximate surface area is 193 Å². The van der Waals surface area contributed by atoms with Crippen molar-refractivity contribution < 1.29 is 28.9 Å². The number of ether oxygens (including phenoxy) is 3. The molecule has 1 aliphatic carbocycles. The first-order valence-corrected chi connectivity index (χ1v) is 11.1. The monoisotopic (exact) mass is 451 g/mol. The lowest BCUT2D eigenvalue weighted by Gasteiger charge is -2.31. The van der Waals surface area contributed by atoms with Crippen molar-refractivity contribution in [1.29, 1.82) is 0 Å². The molecule has 2 fully saturated rings. The maximum absolute atomic E-state index is 13.4. The van der Waals surface area contributed by atoms with Crippen LogP contribution in [-0.2, 0) is 9.59 Å². The van der Waals surface area contributed by atoms with Crippen LogP contribution in [0.15, 0.2) is 42.0 Å². The van der Waals surface area contributed by atoms with Gasteiger partial charge in [0.05, 0.1) is 32.9 Å². The number of hydrogen-bond donors (Lipinski definition) is 1. The number of methoxy groups -OCH3 is 3. The number of amides is 1. The maximum atomic E-state index is 13.4. The largest absolute Gasteiger partial charge is 0.507 e. The van der Waals surface area contributed by atoms with Gasteiger partial charge in [-0.15, -0.1) is 0 Å². The maximum Gasteiger partial charge on any atom is 0.295 e. The quantitative estimate of drug-likeness (QED) is 0.398. The van der Waals surface area contributed by atoms with Crippen molar-refractivity contribution in [3.8, 4) is 17.2 Å². The lowest BCUT2D eigenvalue weighted by molar-refractivity contribution is -0.141. The van der Waals surface area contributed by atoms with Crippen molar-refractivity contribution in [3.05, 3.63) is 58.7 Å². The number of Topliss-reactive ketones (excluding diaryl/α,β-unsaturated/α-hetero) is 1. The molecule has 0 spiro atoms. The van der Waals surface area contributed by atoms with Crippen LogP contribution in [0, 0.1) is 6.92 Å². The van der Waals surface area contributed by atoms with Crippen LogP contribution in [0.5, 0.6) is 17.2 Å². The SMILES string of the molecule is COc1ccc(/C(O)=C2/C(=O)C(=O)N(C3CCCC3)C2c2cccc(OC)c2OC)c(C)c1. The van der Waals surface area contributed by atoms with E-state index in [1.165, 1.54) is 14.2 Å². The summed E-state index contributed by atoms with van der Waals surface area (Å²) in [4.78, 5) is 28.3. The summed E-state index contributed by atoms with van der Waals surface area (Å²) in [7, 11) is 4.63. The van der Waals surface area contributed by atoms with E-state index in [2.05, 4.69) is 0 Å². The van der Waals surface area contributed by atoms with Gasteiger partial charge in [-0.2, -0.15) is 0 Å². The Kier molecular flexibility index (Phi) is 6.31. The van der Waals surface area contributed by atoms with E-state index in [9.17, 15) is 14.7 Å². The van der Waals surface area contributed by atoms with Crippen molar-refractivity contribution >= 4 is 17.4 Å². The highest BCUT2D eigenvalue weighted by molar-refractivity contribution is 6.46. The number of benzene rings is 2. The number of aliphatic hydroxyl groups excluding tert-OH is 1. The molecule has 2 aromatic rings. The van der Waals surface area contributed by atoms with Gasteiger partial charge in [-0.1, -0.05) is 25.0 Å². The summed E-state index contributed by atoms with van der Waals surface area (Å²) >= 11 is 0. The molecule has 0 radical (unpaired) electrons. The van der Waals surface area contributed by atoms with E-state index in [0.717, 1.165) is 31.2 Å². The molecule has 0 bridgehead atoms. The summed E-state index contributed by atoms with van der Waals surface area (Å²) in [6.45, 7) is 1.83. The Morgan fingerprint density at radius 2 is 1.73 bits per heavy atom. The zero-order valence-corrected chi connectivity index (χ0v) is 19.4. The third-order valence-corrected chi connectivity index (χ3v) is 6.61. The van der Waals surface area contributed by atoms with Crippen molar-refractivity contribution in [2.45, 2.75) is 44.7 Å². The molecule has 1 aliphatic heterocycles. The van der Waals surface area contributed by atoms with Crippen molar-refractivity contribution in [2.75, 3.05) is 21.3 Å². The van der Waals surface area contributed by atoms with Crippen molar-refractivity contribution in [2.24, 2.45) is 0 Å². The summed E-state index contributed by atoms with van der Waals surface area (Å²) in [5.41, 5.74) is 1.88. The number of carbonyl (C=O) groups is 2. The van der Waals surface area contributed by atoms with Gasteiger partial charge in [0.25, 0.3) is 11.7 Å². The molecule has 7 heteroatoms. The molecule has 174 valence electrons. The molecular weight excluding hydrogens is 422 g/mol. The summed E-state index contributed by atoms with van der Waals surface area (Å²) in [6.07, 6.45) is 3.62. The van der Waals surface area contributed by atoms with Crippen molar-refractivity contribution in [1.82, 2.24) is 4.90 Å². The molecule has 1 unspecified atom stereocenters. The van der Waals surface area contributed by atoms with E-state index in [-0.39, 0.29) is 17.4 Å². The van der Waals surface area contributed by atoms with Crippen LogP contribution in [0.3, 0.4) is 0 Å². The van der Waals surface area contributed by atoms with Gasteiger partial charge >= 0.3 is 0 Å². The number of likely N-dealkylation sites (tertiary alicyclic amines) is 1. The number of para-hydroxylation sites is 1.